The second-order valence-electron chi connectivity index (χ2n) is 7.78. The number of thiophene rings is 1. The lowest BCUT2D eigenvalue weighted by Crippen LogP contribution is -2.23. The van der Waals surface area contributed by atoms with E-state index in [9.17, 15) is 9.90 Å². The maximum Gasteiger partial charge on any atom is 0.266 e. The molecule has 0 atom stereocenters. The van der Waals surface area contributed by atoms with E-state index in [1.807, 2.05) is 85.1 Å². The average Bonchev–Trinajstić information content (AvgIpc) is 3.37. The summed E-state index contributed by atoms with van der Waals surface area (Å²) in [4.78, 5) is 19.3. The molecule has 0 aliphatic carbocycles. The fourth-order valence-electron chi connectivity index (χ4n) is 3.72. The van der Waals surface area contributed by atoms with Crippen LogP contribution in [0.3, 0.4) is 0 Å². The molecule has 164 valence electrons. The highest BCUT2D eigenvalue weighted by Gasteiger charge is 2.13. The van der Waals surface area contributed by atoms with E-state index in [4.69, 9.17) is 4.98 Å². The van der Waals surface area contributed by atoms with E-state index in [1.165, 1.54) is 0 Å². The topological polar surface area (TPSA) is 55.1 Å². The van der Waals surface area contributed by atoms with E-state index in [2.05, 4.69) is 11.8 Å². The third-order valence-corrected chi connectivity index (χ3v) is 6.19. The Bertz CT molecular complexity index is 1630. The smallest absolute Gasteiger partial charge is 0.266 e. The van der Waals surface area contributed by atoms with Crippen molar-refractivity contribution in [2.24, 2.45) is 0 Å². The number of aromatic nitrogens is 2. The molecule has 0 aliphatic heterocycles. The van der Waals surface area contributed by atoms with Gasteiger partial charge in [0.05, 0.1) is 21.5 Å². The number of fused-ring (bicyclic) bond motifs is 1. The van der Waals surface area contributed by atoms with Gasteiger partial charge in [-0.05, 0) is 78.0 Å². The number of benzene rings is 3. The van der Waals surface area contributed by atoms with Crippen molar-refractivity contribution in [1.82, 2.24) is 9.55 Å². The van der Waals surface area contributed by atoms with Crippen LogP contribution in [0.15, 0.2) is 89.0 Å². The largest absolute Gasteiger partial charge is 0.508 e. The second kappa shape index (κ2) is 9.22. The molecular weight excluding hydrogens is 440 g/mol. The number of nitrogens with zero attached hydrogens (tertiary/aromatic N) is 2. The van der Waals surface area contributed by atoms with Crippen LogP contribution in [0.1, 0.15) is 27.4 Å². The summed E-state index contributed by atoms with van der Waals surface area (Å²) < 4.78 is 1.64. The van der Waals surface area contributed by atoms with Gasteiger partial charge >= 0.3 is 0 Å². The minimum absolute atomic E-state index is 0.128. The van der Waals surface area contributed by atoms with Crippen molar-refractivity contribution in [1.29, 1.82) is 0 Å². The van der Waals surface area contributed by atoms with Gasteiger partial charge in [0, 0.05) is 5.56 Å². The van der Waals surface area contributed by atoms with E-state index < -0.39 is 0 Å². The molecule has 0 bridgehead atoms. The van der Waals surface area contributed by atoms with Gasteiger partial charge < -0.3 is 5.11 Å². The number of phenolic OH excluding ortho intramolecular Hbond substituents is 1. The Morgan fingerprint density at radius 3 is 2.53 bits per heavy atom. The first-order valence-electron chi connectivity index (χ1n) is 10.7. The number of aromatic hydroxyl groups is 1. The lowest BCUT2D eigenvalue weighted by Gasteiger charge is -2.14. The van der Waals surface area contributed by atoms with Crippen LogP contribution in [0, 0.1) is 18.8 Å². The van der Waals surface area contributed by atoms with Crippen molar-refractivity contribution in [2.75, 3.05) is 0 Å². The molecule has 0 unspecified atom stereocenters. The quantitative estimate of drug-likeness (QED) is 0.335. The second-order valence-corrected chi connectivity index (χ2v) is 8.73. The normalized spacial score (nSPS) is 11.0. The first-order chi connectivity index (χ1) is 16.6. The highest BCUT2D eigenvalue weighted by molar-refractivity contribution is 7.10. The number of phenols is 1. The van der Waals surface area contributed by atoms with Crippen molar-refractivity contribution < 1.29 is 5.11 Å². The summed E-state index contributed by atoms with van der Waals surface area (Å²) in [5.41, 5.74) is 3.98. The van der Waals surface area contributed by atoms with Crippen LogP contribution in [0.2, 0.25) is 0 Å². The monoisotopic (exact) mass is 460 g/mol. The average molecular weight is 461 g/mol. The van der Waals surface area contributed by atoms with E-state index in [0.29, 0.717) is 16.7 Å². The van der Waals surface area contributed by atoms with Gasteiger partial charge in [-0.2, -0.15) is 0 Å². The van der Waals surface area contributed by atoms with Crippen LogP contribution in [0.25, 0.3) is 28.7 Å². The number of hydrogen-bond acceptors (Lipinski definition) is 4. The summed E-state index contributed by atoms with van der Waals surface area (Å²) in [6.45, 7) is 1.97. The van der Waals surface area contributed by atoms with Gasteiger partial charge in [-0.15, -0.1) is 11.3 Å². The lowest BCUT2D eigenvalue weighted by molar-refractivity contribution is 0.475. The Labute approximate surface area is 201 Å². The molecule has 2 heterocycles. The van der Waals surface area contributed by atoms with Crippen molar-refractivity contribution >= 4 is 34.4 Å². The SMILES string of the molecule is Cc1cc(C#Cc2cccs2)ccc1-n1c(/C=C/c2ccc(O)cc2)nc2ccccc2c1=O. The predicted molar refractivity (Wildman–Crippen MR) is 139 cm³/mol. The Hall–Kier alpha value is -4.40. The molecule has 5 rings (SSSR count). The summed E-state index contributed by atoms with van der Waals surface area (Å²) >= 11 is 1.61. The van der Waals surface area contributed by atoms with Gasteiger partial charge in [0.25, 0.3) is 5.56 Å². The zero-order valence-corrected chi connectivity index (χ0v) is 19.2. The Kier molecular flexibility index (Phi) is 5.82. The molecule has 0 radical (unpaired) electrons. The van der Waals surface area contributed by atoms with E-state index in [1.54, 1.807) is 34.1 Å². The summed E-state index contributed by atoms with van der Waals surface area (Å²) in [6.07, 6.45) is 3.70. The van der Waals surface area contributed by atoms with Crippen molar-refractivity contribution in [3.05, 3.63) is 122 Å². The van der Waals surface area contributed by atoms with Crippen LogP contribution in [-0.4, -0.2) is 14.7 Å². The zero-order valence-electron chi connectivity index (χ0n) is 18.4. The molecule has 0 saturated heterocycles. The highest BCUT2D eigenvalue weighted by atomic mass is 32.1. The van der Waals surface area contributed by atoms with Gasteiger partial charge in [-0.25, -0.2) is 4.98 Å². The first-order valence-corrected chi connectivity index (χ1v) is 11.6. The maximum absolute atomic E-state index is 13.6. The summed E-state index contributed by atoms with van der Waals surface area (Å²) in [5.74, 6) is 7.10. The molecule has 2 aromatic heterocycles. The molecule has 34 heavy (non-hydrogen) atoms. The highest BCUT2D eigenvalue weighted by Crippen LogP contribution is 2.20. The number of aryl methyl sites for hydroxylation is 1. The van der Waals surface area contributed by atoms with Crippen molar-refractivity contribution in [3.63, 3.8) is 0 Å². The van der Waals surface area contributed by atoms with E-state index >= 15 is 0 Å². The van der Waals surface area contributed by atoms with Crippen LogP contribution >= 0.6 is 11.3 Å². The molecule has 0 spiro atoms. The third kappa shape index (κ3) is 4.40. The molecule has 1 N–H and O–H groups in total. The molecule has 0 saturated carbocycles. The Balaban J connectivity index is 1.63. The lowest BCUT2D eigenvalue weighted by atomic mass is 10.1. The van der Waals surface area contributed by atoms with Gasteiger partial charge in [0.15, 0.2) is 0 Å². The summed E-state index contributed by atoms with van der Waals surface area (Å²) in [7, 11) is 0. The fraction of sp³-hybridized carbons (Fsp3) is 0.0345. The molecule has 3 aromatic carbocycles. The minimum Gasteiger partial charge on any atom is -0.508 e. The Morgan fingerprint density at radius 2 is 1.76 bits per heavy atom. The van der Waals surface area contributed by atoms with E-state index in [0.717, 1.165) is 27.3 Å². The maximum atomic E-state index is 13.6. The standard InChI is InChI=1S/C29H20N2O2S/c1-20-19-22(10-15-24-5-4-18-34-24)11-16-27(20)31-28(17-12-21-8-13-23(32)14-9-21)30-26-7-3-2-6-25(26)29(31)33/h2-9,11-14,16-19,32H,1H3/b17-12+. The van der Waals surface area contributed by atoms with Crippen LogP contribution in [-0.2, 0) is 0 Å². The molecular formula is C29H20N2O2S. The molecule has 0 fully saturated rings. The first kappa shape index (κ1) is 21.4. The van der Waals surface area contributed by atoms with Crippen molar-refractivity contribution in [3.8, 4) is 23.3 Å². The van der Waals surface area contributed by atoms with Crippen LogP contribution in [0.5, 0.6) is 5.75 Å². The van der Waals surface area contributed by atoms with Gasteiger partial charge in [0.1, 0.15) is 11.6 Å². The number of rotatable bonds is 3. The third-order valence-electron chi connectivity index (χ3n) is 5.41. The number of para-hydroxylation sites is 1. The molecule has 5 heteroatoms. The molecule has 4 nitrogen and oxygen atoms in total. The predicted octanol–water partition coefficient (Wildman–Crippen LogP) is 6.03. The van der Waals surface area contributed by atoms with Gasteiger partial charge in [-0.3, -0.25) is 9.36 Å². The summed E-state index contributed by atoms with van der Waals surface area (Å²) in [6, 6.07) is 24.0. The Morgan fingerprint density at radius 1 is 0.941 bits per heavy atom. The van der Waals surface area contributed by atoms with Crippen LogP contribution in [0.4, 0.5) is 0 Å². The minimum atomic E-state index is -0.128. The van der Waals surface area contributed by atoms with Gasteiger partial charge in [0.2, 0.25) is 0 Å². The summed E-state index contributed by atoms with van der Waals surface area (Å²) in [5, 5.41) is 12.1. The fourth-order valence-corrected chi connectivity index (χ4v) is 4.29. The molecule has 0 aliphatic rings. The van der Waals surface area contributed by atoms with E-state index in [-0.39, 0.29) is 11.3 Å². The van der Waals surface area contributed by atoms with Gasteiger partial charge in [-0.1, -0.05) is 48.2 Å². The molecule has 5 aromatic rings. The molecule has 0 amide bonds. The van der Waals surface area contributed by atoms with Crippen molar-refractivity contribution in [2.45, 2.75) is 6.92 Å². The van der Waals surface area contributed by atoms with Crippen LogP contribution < -0.4 is 5.56 Å². The zero-order chi connectivity index (χ0) is 23.5. The number of hydrogen-bond donors (Lipinski definition) is 1.